The molecular weight excluding hydrogens is 258 g/mol. The molecule has 0 bridgehead atoms. The van der Waals surface area contributed by atoms with Gasteiger partial charge >= 0.3 is 12.0 Å². The molecule has 2 unspecified atom stereocenters. The molecule has 2 rings (SSSR count). The van der Waals surface area contributed by atoms with Crippen molar-refractivity contribution < 1.29 is 14.7 Å². The Bertz CT molecular complexity index is 358. The second kappa shape index (κ2) is 6.92. The van der Waals surface area contributed by atoms with Crippen LogP contribution in [0.2, 0.25) is 0 Å². The third-order valence-electron chi connectivity index (χ3n) is 4.02. The second-order valence-corrected chi connectivity index (χ2v) is 6.02. The number of nitrogens with one attached hydrogen (secondary N) is 2. The van der Waals surface area contributed by atoms with Gasteiger partial charge in [-0.1, -0.05) is 0 Å². The lowest BCUT2D eigenvalue weighted by Gasteiger charge is -2.18. The van der Waals surface area contributed by atoms with E-state index in [1.54, 1.807) is 0 Å². The maximum absolute atomic E-state index is 11.8. The van der Waals surface area contributed by atoms with Crippen molar-refractivity contribution in [2.75, 3.05) is 13.1 Å². The molecule has 2 atom stereocenters. The van der Waals surface area contributed by atoms with E-state index in [9.17, 15) is 9.59 Å². The van der Waals surface area contributed by atoms with Crippen LogP contribution in [-0.4, -0.2) is 53.2 Å². The van der Waals surface area contributed by atoms with E-state index in [1.807, 2.05) is 6.92 Å². The summed E-state index contributed by atoms with van der Waals surface area (Å²) in [6.07, 6.45) is 5.08. The number of rotatable bonds is 7. The van der Waals surface area contributed by atoms with Crippen molar-refractivity contribution in [1.82, 2.24) is 15.5 Å². The highest BCUT2D eigenvalue weighted by Crippen LogP contribution is 2.29. The molecule has 114 valence electrons. The molecule has 0 aromatic carbocycles. The van der Waals surface area contributed by atoms with Crippen LogP contribution in [0.3, 0.4) is 0 Å². The smallest absolute Gasteiger partial charge is 0.315 e. The summed E-state index contributed by atoms with van der Waals surface area (Å²) in [6, 6.07) is 0.896. The van der Waals surface area contributed by atoms with Crippen LogP contribution in [0.1, 0.15) is 45.4 Å². The van der Waals surface area contributed by atoms with Gasteiger partial charge in [-0.3, -0.25) is 9.69 Å². The first kappa shape index (κ1) is 15.1. The van der Waals surface area contributed by atoms with Crippen molar-refractivity contribution in [2.24, 2.45) is 0 Å². The second-order valence-electron chi connectivity index (χ2n) is 6.02. The summed E-state index contributed by atoms with van der Waals surface area (Å²) >= 11 is 0. The van der Waals surface area contributed by atoms with Gasteiger partial charge < -0.3 is 15.7 Å². The lowest BCUT2D eigenvalue weighted by molar-refractivity contribution is -0.137. The molecule has 2 fully saturated rings. The minimum Gasteiger partial charge on any atom is -0.481 e. The lowest BCUT2D eigenvalue weighted by Crippen LogP contribution is -2.46. The van der Waals surface area contributed by atoms with E-state index in [0.29, 0.717) is 12.8 Å². The quantitative estimate of drug-likeness (QED) is 0.655. The van der Waals surface area contributed by atoms with Gasteiger partial charge in [0, 0.05) is 37.6 Å². The summed E-state index contributed by atoms with van der Waals surface area (Å²) in [5.41, 5.74) is 0. The van der Waals surface area contributed by atoms with Crippen LogP contribution >= 0.6 is 0 Å². The first-order valence-corrected chi connectivity index (χ1v) is 7.57. The van der Waals surface area contributed by atoms with E-state index >= 15 is 0 Å². The predicted octanol–water partition coefficient (Wildman–Crippen LogP) is 1.17. The summed E-state index contributed by atoms with van der Waals surface area (Å²) in [6.45, 7) is 3.96. The molecule has 0 aromatic rings. The Morgan fingerprint density at radius 3 is 2.75 bits per heavy atom. The highest BCUT2D eigenvalue weighted by atomic mass is 16.4. The number of carboxylic acids is 1. The first-order chi connectivity index (χ1) is 9.54. The fourth-order valence-corrected chi connectivity index (χ4v) is 2.76. The van der Waals surface area contributed by atoms with Crippen LogP contribution in [-0.2, 0) is 4.79 Å². The van der Waals surface area contributed by atoms with Gasteiger partial charge in [0.25, 0.3) is 0 Å². The Morgan fingerprint density at radius 2 is 2.10 bits per heavy atom. The van der Waals surface area contributed by atoms with Crippen LogP contribution in [0, 0.1) is 0 Å². The minimum atomic E-state index is -0.784. The average Bonchev–Trinajstić information content (AvgIpc) is 3.10. The standard InChI is InChI=1S/C14H25N3O3/c1-10(3-2-4-13(18)19)15-14(20)16-11-7-8-17(9-11)12-5-6-12/h10-12H,2-9H2,1H3,(H,18,19)(H2,15,16,20). The molecule has 6 nitrogen and oxygen atoms in total. The Hall–Kier alpha value is -1.30. The topological polar surface area (TPSA) is 81.7 Å². The SMILES string of the molecule is CC(CCCC(=O)O)NC(=O)NC1CCN(C2CC2)C1. The lowest BCUT2D eigenvalue weighted by atomic mass is 10.1. The van der Waals surface area contributed by atoms with Gasteiger partial charge in [-0.15, -0.1) is 0 Å². The Labute approximate surface area is 119 Å². The van der Waals surface area contributed by atoms with Crippen molar-refractivity contribution in [2.45, 2.75) is 63.6 Å². The zero-order chi connectivity index (χ0) is 14.5. The largest absolute Gasteiger partial charge is 0.481 e. The summed E-state index contributed by atoms with van der Waals surface area (Å²) in [5, 5.41) is 14.5. The molecule has 0 spiro atoms. The zero-order valence-corrected chi connectivity index (χ0v) is 12.1. The molecule has 1 heterocycles. The summed E-state index contributed by atoms with van der Waals surface area (Å²) in [5.74, 6) is -0.784. The van der Waals surface area contributed by atoms with E-state index in [-0.39, 0.29) is 24.5 Å². The fourth-order valence-electron chi connectivity index (χ4n) is 2.76. The average molecular weight is 283 g/mol. The Morgan fingerprint density at radius 1 is 1.35 bits per heavy atom. The van der Waals surface area contributed by atoms with Gasteiger partial charge in [0.15, 0.2) is 0 Å². The summed E-state index contributed by atoms with van der Waals surface area (Å²) in [7, 11) is 0. The van der Waals surface area contributed by atoms with Gasteiger partial charge in [-0.2, -0.15) is 0 Å². The summed E-state index contributed by atoms with van der Waals surface area (Å²) < 4.78 is 0. The van der Waals surface area contributed by atoms with Crippen molar-refractivity contribution in [3.63, 3.8) is 0 Å². The number of hydrogen-bond donors (Lipinski definition) is 3. The molecule has 0 aromatic heterocycles. The van der Waals surface area contributed by atoms with Crippen LogP contribution in [0.4, 0.5) is 4.79 Å². The van der Waals surface area contributed by atoms with Crippen molar-refractivity contribution in [3.05, 3.63) is 0 Å². The Balaban J connectivity index is 1.58. The van der Waals surface area contributed by atoms with Gasteiger partial charge in [-0.25, -0.2) is 4.79 Å². The number of likely N-dealkylation sites (tertiary alicyclic amines) is 1. The predicted molar refractivity (Wildman–Crippen MR) is 75.6 cm³/mol. The molecule has 1 saturated carbocycles. The molecule has 20 heavy (non-hydrogen) atoms. The van der Waals surface area contributed by atoms with E-state index < -0.39 is 5.97 Å². The van der Waals surface area contributed by atoms with Gasteiger partial charge in [0.2, 0.25) is 0 Å². The van der Waals surface area contributed by atoms with Gasteiger partial charge in [0.1, 0.15) is 0 Å². The number of carbonyl (C=O) groups is 2. The molecule has 1 saturated heterocycles. The molecule has 2 aliphatic rings. The number of carboxylic acid groups (broad SMARTS) is 1. The van der Waals surface area contributed by atoms with Gasteiger partial charge in [-0.05, 0) is 39.0 Å². The maximum atomic E-state index is 11.8. The molecule has 1 aliphatic heterocycles. The van der Waals surface area contributed by atoms with Crippen molar-refractivity contribution in [1.29, 1.82) is 0 Å². The number of nitrogens with zero attached hydrogens (tertiary/aromatic N) is 1. The highest BCUT2D eigenvalue weighted by molar-refractivity contribution is 5.74. The van der Waals surface area contributed by atoms with E-state index in [4.69, 9.17) is 5.11 Å². The normalized spacial score (nSPS) is 24.4. The number of aliphatic carboxylic acids is 1. The van der Waals surface area contributed by atoms with Crippen LogP contribution < -0.4 is 10.6 Å². The summed E-state index contributed by atoms with van der Waals surface area (Å²) in [4.78, 5) is 24.7. The van der Waals surface area contributed by atoms with Crippen LogP contribution in [0.5, 0.6) is 0 Å². The van der Waals surface area contributed by atoms with Crippen molar-refractivity contribution in [3.8, 4) is 0 Å². The highest BCUT2D eigenvalue weighted by Gasteiger charge is 2.34. The number of hydrogen-bond acceptors (Lipinski definition) is 3. The van der Waals surface area contributed by atoms with E-state index in [1.165, 1.54) is 12.8 Å². The minimum absolute atomic E-state index is 0.00953. The zero-order valence-electron chi connectivity index (χ0n) is 12.1. The van der Waals surface area contributed by atoms with Gasteiger partial charge in [0.05, 0.1) is 0 Å². The third-order valence-corrected chi connectivity index (χ3v) is 4.02. The molecule has 0 radical (unpaired) electrons. The molecule has 3 N–H and O–H groups in total. The van der Waals surface area contributed by atoms with E-state index in [2.05, 4.69) is 15.5 Å². The Kier molecular flexibility index (Phi) is 5.23. The molecule has 1 aliphatic carbocycles. The van der Waals surface area contributed by atoms with Crippen LogP contribution in [0.25, 0.3) is 0 Å². The number of urea groups is 1. The van der Waals surface area contributed by atoms with E-state index in [0.717, 1.165) is 25.6 Å². The molecular formula is C14H25N3O3. The molecule has 6 heteroatoms. The molecule has 2 amide bonds. The van der Waals surface area contributed by atoms with Crippen LogP contribution in [0.15, 0.2) is 0 Å². The first-order valence-electron chi connectivity index (χ1n) is 7.57. The van der Waals surface area contributed by atoms with Crippen molar-refractivity contribution >= 4 is 12.0 Å². The number of carbonyl (C=O) groups excluding carboxylic acids is 1. The fraction of sp³-hybridized carbons (Fsp3) is 0.857. The monoisotopic (exact) mass is 283 g/mol. The number of amides is 2. The maximum Gasteiger partial charge on any atom is 0.315 e. The third kappa shape index (κ3) is 5.00.